The van der Waals surface area contributed by atoms with Gasteiger partial charge in [-0.25, -0.2) is 0 Å². The van der Waals surface area contributed by atoms with Crippen molar-refractivity contribution in [3.63, 3.8) is 0 Å². The summed E-state index contributed by atoms with van der Waals surface area (Å²) in [4.78, 5) is 2.61. The fraction of sp³-hybridized carbons (Fsp3) is 0.667. The zero-order valence-electron chi connectivity index (χ0n) is 13.5. The lowest BCUT2D eigenvalue weighted by molar-refractivity contribution is 0.175. The van der Waals surface area contributed by atoms with Gasteiger partial charge in [-0.15, -0.1) is 0 Å². The molecule has 112 valence electrons. The smallest absolute Gasteiger partial charge is 0.0294 e. The van der Waals surface area contributed by atoms with Gasteiger partial charge >= 0.3 is 0 Å². The van der Waals surface area contributed by atoms with Crippen molar-refractivity contribution in [2.45, 2.75) is 52.6 Å². The second kappa shape index (κ2) is 7.24. The van der Waals surface area contributed by atoms with Gasteiger partial charge in [0, 0.05) is 18.6 Å². The lowest BCUT2D eigenvalue weighted by Gasteiger charge is -2.34. The molecular formula is C18H30N2. The third-order valence-corrected chi connectivity index (χ3v) is 4.27. The van der Waals surface area contributed by atoms with E-state index in [9.17, 15) is 0 Å². The Morgan fingerprint density at radius 1 is 1.10 bits per heavy atom. The number of piperidine rings is 1. The topological polar surface area (TPSA) is 15.3 Å². The van der Waals surface area contributed by atoms with Gasteiger partial charge in [0.1, 0.15) is 0 Å². The number of aryl methyl sites for hydroxylation is 1. The molecule has 0 bridgehead atoms. The highest BCUT2D eigenvalue weighted by Crippen LogP contribution is 2.18. The lowest BCUT2D eigenvalue weighted by Crippen LogP contribution is -2.44. The first-order valence-electron chi connectivity index (χ1n) is 8.09. The van der Waals surface area contributed by atoms with Crippen LogP contribution in [-0.4, -0.2) is 30.6 Å². The molecule has 2 heteroatoms. The third kappa shape index (κ3) is 4.60. The van der Waals surface area contributed by atoms with Crippen molar-refractivity contribution in [3.8, 4) is 0 Å². The summed E-state index contributed by atoms with van der Waals surface area (Å²) in [7, 11) is 0. The van der Waals surface area contributed by atoms with E-state index in [0.717, 1.165) is 5.92 Å². The Kier molecular flexibility index (Phi) is 5.62. The Bertz CT molecular complexity index is 388. The van der Waals surface area contributed by atoms with Crippen LogP contribution in [0, 0.1) is 12.8 Å². The van der Waals surface area contributed by atoms with Gasteiger partial charge in [0.05, 0.1) is 0 Å². The largest absolute Gasteiger partial charge is 0.307 e. The van der Waals surface area contributed by atoms with E-state index in [0.29, 0.717) is 12.1 Å². The van der Waals surface area contributed by atoms with E-state index < -0.39 is 0 Å². The molecule has 0 spiro atoms. The van der Waals surface area contributed by atoms with Gasteiger partial charge in [-0.05, 0) is 51.3 Å². The van der Waals surface area contributed by atoms with Crippen LogP contribution in [0.5, 0.6) is 0 Å². The zero-order chi connectivity index (χ0) is 14.5. The van der Waals surface area contributed by atoms with Crippen molar-refractivity contribution in [1.29, 1.82) is 0 Å². The van der Waals surface area contributed by atoms with Gasteiger partial charge in [-0.3, -0.25) is 0 Å². The van der Waals surface area contributed by atoms with Crippen LogP contribution in [0.3, 0.4) is 0 Å². The fourth-order valence-electron chi connectivity index (χ4n) is 3.10. The molecule has 0 radical (unpaired) electrons. The van der Waals surface area contributed by atoms with Crippen LogP contribution in [0.2, 0.25) is 0 Å². The summed E-state index contributed by atoms with van der Waals surface area (Å²) in [6.07, 6.45) is 2.56. The van der Waals surface area contributed by atoms with Crippen LogP contribution in [0.1, 0.15) is 50.8 Å². The minimum atomic E-state index is 0.456. The number of likely N-dealkylation sites (tertiary alicyclic amines) is 1. The fourth-order valence-corrected chi connectivity index (χ4v) is 3.10. The molecule has 1 aromatic rings. The number of benzene rings is 1. The van der Waals surface area contributed by atoms with Crippen molar-refractivity contribution in [2.24, 2.45) is 5.92 Å². The van der Waals surface area contributed by atoms with Crippen LogP contribution in [0.4, 0.5) is 0 Å². The van der Waals surface area contributed by atoms with Gasteiger partial charge < -0.3 is 10.2 Å². The Morgan fingerprint density at radius 2 is 1.70 bits per heavy atom. The van der Waals surface area contributed by atoms with Crippen LogP contribution in [0.25, 0.3) is 0 Å². The number of rotatable bonds is 5. The highest BCUT2D eigenvalue weighted by atomic mass is 15.1. The summed E-state index contributed by atoms with van der Waals surface area (Å²) in [5, 5.41) is 3.80. The Morgan fingerprint density at radius 3 is 2.25 bits per heavy atom. The minimum absolute atomic E-state index is 0.456. The van der Waals surface area contributed by atoms with Crippen molar-refractivity contribution in [2.75, 3.05) is 19.6 Å². The Hall–Kier alpha value is -0.860. The van der Waals surface area contributed by atoms with Crippen LogP contribution >= 0.6 is 0 Å². The average Bonchev–Trinajstić information content (AvgIpc) is 2.41. The summed E-state index contributed by atoms with van der Waals surface area (Å²) in [6.45, 7) is 12.8. The summed E-state index contributed by atoms with van der Waals surface area (Å²) < 4.78 is 0. The van der Waals surface area contributed by atoms with E-state index in [1.54, 1.807) is 0 Å². The predicted octanol–water partition coefficient (Wildman–Crippen LogP) is 3.77. The van der Waals surface area contributed by atoms with Crippen LogP contribution in [-0.2, 0) is 0 Å². The zero-order valence-corrected chi connectivity index (χ0v) is 13.5. The average molecular weight is 274 g/mol. The normalized spacial score (nSPS) is 19.4. The van der Waals surface area contributed by atoms with Gasteiger partial charge in [-0.1, -0.05) is 43.7 Å². The molecule has 1 aromatic carbocycles. The molecule has 1 N–H and O–H groups in total. The maximum Gasteiger partial charge on any atom is 0.0294 e. The Labute approximate surface area is 124 Å². The number of nitrogens with one attached hydrogen (secondary N) is 1. The molecule has 1 fully saturated rings. The summed E-state index contributed by atoms with van der Waals surface area (Å²) in [5.74, 6) is 0.783. The van der Waals surface area contributed by atoms with Crippen molar-refractivity contribution < 1.29 is 0 Å². The standard InChI is InChI=1S/C18H30N2/c1-14(2)13-20-11-9-18(10-12-20)19-16(4)17-7-5-15(3)6-8-17/h5-8,14,16,18-19H,9-13H2,1-4H3/t16-/m0/s1. The molecule has 0 aromatic heterocycles. The second-order valence-electron chi connectivity index (χ2n) is 6.77. The molecule has 1 saturated heterocycles. The van der Waals surface area contributed by atoms with E-state index in [1.165, 1.54) is 43.6 Å². The lowest BCUT2D eigenvalue weighted by atomic mass is 10.0. The highest BCUT2D eigenvalue weighted by Gasteiger charge is 2.21. The monoisotopic (exact) mass is 274 g/mol. The molecule has 1 heterocycles. The van der Waals surface area contributed by atoms with Gasteiger partial charge in [0.25, 0.3) is 0 Å². The first kappa shape index (κ1) is 15.5. The minimum Gasteiger partial charge on any atom is -0.307 e. The molecule has 2 rings (SSSR count). The van der Waals surface area contributed by atoms with Gasteiger partial charge in [-0.2, -0.15) is 0 Å². The molecular weight excluding hydrogens is 244 g/mol. The Balaban J connectivity index is 1.79. The second-order valence-corrected chi connectivity index (χ2v) is 6.77. The van der Waals surface area contributed by atoms with E-state index in [-0.39, 0.29) is 0 Å². The number of nitrogens with zero attached hydrogens (tertiary/aromatic N) is 1. The molecule has 0 saturated carbocycles. The first-order chi connectivity index (χ1) is 9.54. The summed E-state index contributed by atoms with van der Waals surface area (Å²) in [5.41, 5.74) is 2.74. The molecule has 0 aliphatic carbocycles. The summed E-state index contributed by atoms with van der Waals surface area (Å²) in [6, 6.07) is 10.0. The van der Waals surface area contributed by atoms with E-state index in [1.807, 2.05) is 0 Å². The molecule has 1 atom stereocenters. The van der Waals surface area contributed by atoms with Crippen molar-refractivity contribution >= 4 is 0 Å². The molecule has 0 amide bonds. The van der Waals surface area contributed by atoms with Gasteiger partial charge in [0.15, 0.2) is 0 Å². The van der Waals surface area contributed by atoms with Gasteiger partial charge in [0.2, 0.25) is 0 Å². The van der Waals surface area contributed by atoms with E-state index >= 15 is 0 Å². The molecule has 1 aliphatic heterocycles. The van der Waals surface area contributed by atoms with E-state index in [4.69, 9.17) is 0 Å². The number of hydrogen-bond acceptors (Lipinski definition) is 2. The SMILES string of the molecule is Cc1ccc([C@H](C)NC2CCN(CC(C)C)CC2)cc1. The maximum atomic E-state index is 3.80. The quantitative estimate of drug-likeness (QED) is 0.879. The van der Waals surface area contributed by atoms with Crippen LogP contribution in [0.15, 0.2) is 24.3 Å². The predicted molar refractivity (Wildman–Crippen MR) is 87.0 cm³/mol. The van der Waals surface area contributed by atoms with Crippen molar-refractivity contribution in [3.05, 3.63) is 35.4 Å². The highest BCUT2D eigenvalue weighted by molar-refractivity contribution is 5.23. The number of hydrogen-bond donors (Lipinski definition) is 1. The first-order valence-corrected chi connectivity index (χ1v) is 8.09. The maximum absolute atomic E-state index is 3.80. The molecule has 20 heavy (non-hydrogen) atoms. The third-order valence-electron chi connectivity index (χ3n) is 4.27. The van der Waals surface area contributed by atoms with E-state index in [2.05, 4.69) is 62.2 Å². The molecule has 2 nitrogen and oxygen atoms in total. The molecule has 0 unspecified atom stereocenters. The van der Waals surface area contributed by atoms with Crippen LogP contribution < -0.4 is 5.32 Å². The summed E-state index contributed by atoms with van der Waals surface area (Å²) >= 11 is 0. The van der Waals surface area contributed by atoms with Crippen molar-refractivity contribution in [1.82, 2.24) is 10.2 Å². The molecule has 1 aliphatic rings.